The second-order valence-corrected chi connectivity index (χ2v) is 28.7. The van der Waals surface area contributed by atoms with Crippen molar-refractivity contribution in [3.63, 3.8) is 0 Å². The Morgan fingerprint density at radius 3 is 1.33 bits per heavy atom. The number of amides is 1. The Morgan fingerprint density at radius 1 is 0.500 bits per heavy atom. The maximum atomic E-state index is 11.3. The zero-order valence-electron chi connectivity index (χ0n) is 45.8. The fraction of sp³-hybridized carbons (Fsp3) is 0.982. The Balaban J connectivity index is 0.000000279. The van der Waals surface area contributed by atoms with E-state index in [1.54, 1.807) is 11.2 Å². The summed E-state index contributed by atoms with van der Waals surface area (Å²) in [7, 11) is -2.96. The smallest absolute Gasteiger partial charge is 0.219 e. The molecule has 6 rings (SSSR count). The fourth-order valence-electron chi connectivity index (χ4n) is 11.0. The highest BCUT2D eigenvalue weighted by Crippen LogP contribution is 2.37. The third-order valence-electron chi connectivity index (χ3n) is 16.2. The van der Waals surface area contributed by atoms with Gasteiger partial charge < -0.3 is 20.4 Å². The zero-order chi connectivity index (χ0) is 48.6. The van der Waals surface area contributed by atoms with E-state index in [4.69, 9.17) is 0 Å². The van der Waals surface area contributed by atoms with E-state index in [0.717, 1.165) is 49.7 Å². The number of likely N-dealkylation sites (tertiary alicyclic amines) is 2. The number of rotatable bonds is 3. The molecule has 0 spiro atoms. The van der Waals surface area contributed by atoms with Crippen molar-refractivity contribution < 1.29 is 13.2 Å². The molecule has 2 N–H and O–H groups in total. The standard InChI is InChI=1S/C16H31N.C11H21NO.C10H21NO2S.2C9H19N/c1-16(2,3)15-9-11-17(12-10-15)13-14-7-5-4-6-8-14;1-9(13)12-7-5-6-10(8-12)11(2,3)4;1-10(2,3)9-5-7-11(8-6-9)14(4,12)13;1-9(2,3)8-4-6-10-7-5-8;1-9(2,3)8-6-4-5-7-10-8/h14-15H,4-13H2,1-3H3;10H,5-8H2,1-4H3;9H,5-8H2,1-4H3;2*8,10H,4-7H2,1-3H3. The monoisotopic (exact) mass is 922 g/mol. The Morgan fingerprint density at radius 2 is 0.953 bits per heavy atom. The quantitative estimate of drug-likeness (QED) is 0.293. The molecule has 0 aromatic carbocycles. The van der Waals surface area contributed by atoms with Gasteiger partial charge in [-0.15, -0.1) is 0 Å². The first-order valence-electron chi connectivity index (χ1n) is 26.8. The summed E-state index contributed by atoms with van der Waals surface area (Å²) in [6, 6.07) is 0.751. The number of sulfonamides is 1. The van der Waals surface area contributed by atoms with Gasteiger partial charge in [-0.1, -0.05) is 130 Å². The topological polar surface area (TPSA) is 85.0 Å². The molecule has 380 valence electrons. The molecular formula is C55H111N5O3S. The minimum atomic E-state index is -2.96. The molecule has 9 heteroatoms. The minimum Gasteiger partial charge on any atom is -0.343 e. The molecule has 0 radical (unpaired) electrons. The molecule has 6 aliphatic rings. The molecule has 8 nitrogen and oxygen atoms in total. The molecule has 0 aromatic rings. The Hall–Kier alpha value is -0.740. The maximum absolute atomic E-state index is 11.3. The van der Waals surface area contributed by atoms with Crippen molar-refractivity contribution in [2.24, 2.45) is 56.7 Å². The summed E-state index contributed by atoms with van der Waals surface area (Å²) in [4.78, 5) is 15.9. The number of nitrogens with one attached hydrogen (secondary N) is 2. The molecule has 1 amide bonds. The summed E-state index contributed by atoms with van der Waals surface area (Å²) in [6.07, 6.45) is 22.9. The van der Waals surface area contributed by atoms with Gasteiger partial charge in [0.05, 0.1) is 6.26 Å². The van der Waals surface area contributed by atoms with Crippen LogP contribution in [-0.2, 0) is 14.8 Å². The highest BCUT2D eigenvalue weighted by Gasteiger charge is 2.33. The highest BCUT2D eigenvalue weighted by molar-refractivity contribution is 7.88. The van der Waals surface area contributed by atoms with Crippen molar-refractivity contribution in [1.82, 2.24) is 24.7 Å². The number of piperidine rings is 5. The molecule has 2 unspecified atom stereocenters. The molecule has 6 fully saturated rings. The summed E-state index contributed by atoms with van der Waals surface area (Å²) in [5.41, 5.74) is 2.16. The predicted octanol–water partition coefficient (Wildman–Crippen LogP) is 12.5. The first-order valence-corrected chi connectivity index (χ1v) is 28.6. The normalized spacial score (nSPS) is 25.0. The summed E-state index contributed by atoms with van der Waals surface area (Å²) in [6.45, 7) is 47.5. The molecule has 0 aromatic heterocycles. The van der Waals surface area contributed by atoms with Crippen LogP contribution in [0.4, 0.5) is 0 Å². The molecule has 64 heavy (non-hydrogen) atoms. The van der Waals surface area contributed by atoms with Gasteiger partial charge in [0.15, 0.2) is 0 Å². The van der Waals surface area contributed by atoms with Gasteiger partial charge in [-0.05, 0) is 166 Å². The van der Waals surface area contributed by atoms with E-state index in [0.29, 0.717) is 52.0 Å². The molecule has 5 aliphatic heterocycles. The lowest BCUT2D eigenvalue weighted by molar-refractivity contribution is -0.131. The van der Waals surface area contributed by atoms with Gasteiger partial charge >= 0.3 is 0 Å². The molecule has 1 saturated carbocycles. The van der Waals surface area contributed by atoms with Crippen LogP contribution in [0.1, 0.15) is 214 Å². The number of nitrogens with zero attached hydrogens (tertiary/aromatic N) is 3. The first kappa shape index (κ1) is 59.4. The van der Waals surface area contributed by atoms with Crippen LogP contribution in [0, 0.1) is 56.7 Å². The molecule has 1 aliphatic carbocycles. The summed E-state index contributed by atoms with van der Waals surface area (Å²) < 4.78 is 24.1. The van der Waals surface area contributed by atoms with E-state index in [1.165, 1.54) is 135 Å². The third kappa shape index (κ3) is 23.5. The second kappa shape index (κ2) is 26.9. The third-order valence-corrected chi connectivity index (χ3v) is 17.5. The van der Waals surface area contributed by atoms with Crippen LogP contribution in [0.2, 0.25) is 0 Å². The minimum absolute atomic E-state index is 0.231. The second-order valence-electron chi connectivity index (χ2n) is 26.7. The van der Waals surface area contributed by atoms with Crippen molar-refractivity contribution in [2.45, 2.75) is 220 Å². The maximum Gasteiger partial charge on any atom is 0.219 e. The average molecular weight is 923 g/mol. The zero-order valence-corrected chi connectivity index (χ0v) is 46.6. The lowest BCUT2D eigenvalue weighted by Crippen LogP contribution is -2.43. The number of hydrogen-bond acceptors (Lipinski definition) is 6. The van der Waals surface area contributed by atoms with Crippen LogP contribution in [0.15, 0.2) is 0 Å². The van der Waals surface area contributed by atoms with Crippen LogP contribution in [0.5, 0.6) is 0 Å². The van der Waals surface area contributed by atoms with Gasteiger partial charge in [0.2, 0.25) is 15.9 Å². The van der Waals surface area contributed by atoms with Crippen LogP contribution in [-0.4, -0.2) is 106 Å². The van der Waals surface area contributed by atoms with Crippen LogP contribution in [0.3, 0.4) is 0 Å². The van der Waals surface area contributed by atoms with E-state index >= 15 is 0 Å². The van der Waals surface area contributed by atoms with E-state index in [9.17, 15) is 13.2 Å². The van der Waals surface area contributed by atoms with Gasteiger partial charge in [-0.25, -0.2) is 12.7 Å². The van der Waals surface area contributed by atoms with Crippen LogP contribution in [0.25, 0.3) is 0 Å². The highest BCUT2D eigenvalue weighted by atomic mass is 32.2. The van der Waals surface area contributed by atoms with Crippen molar-refractivity contribution in [2.75, 3.05) is 71.7 Å². The molecule has 2 atom stereocenters. The largest absolute Gasteiger partial charge is 0.343 e. The van der Waals surface area contributed by atoms with Crippen molar-refractivity contribution in [3.8, 4) is 0 Å². The van der Waals surface area contributed by atoms with Crippen LogP contribution >= 0.6 is 0 Å². The lowest BCUT2D eigenvalue weighted by atomic mass is 9.75. The van der Waals surface area contributed by atoms with Crippen molar-refractivity contribution in [1.29, 1.82) is 0 Å². The average Bonchev–Trinajstić information content (AvgIpc) is 3.21. The van der Waals surface area contributed by atoms with Crippen molar-refractivity contribution in [3.05, 3.63) is 0 Å². The molecule has 0 bridgehead atoms. The summed E-state index contributed by atoms with van der Waals surface area (Å²) in [5, 5.41) is 6.95. The van der Waals surface area contributed by atoms with E-state index in [1.807, 2.05) is 4.90 Å². The van der Waals surface area contributed by atoms with Gasteiger partial charge in [0.1, 0.15) is 0 Å². The molecule has 5 saturated heterocycles. The first-order chi connectivity index (χ1) is 29.4. The van der Waals surface area contributed by atoms with Crippen molar-refractivity contribution >= 4 is 15.9 Å². The summed E-state index contributed by atoms with van der Waals surface area (Å²) >= 11 is 0. The Labute approximate surface area is 400 Å². The van der Waals surface area contributed by atoms with Gasteiger partial charge in [0.25, 0.3) is 0 Å². The van der Waals surface area contributed by atoms with E-state index in [-0.39, 0.29) is 5.91 Å². The SMILES string of the molecule is CC(=O)N1CCCC(C(C)(C)C)C1.CC(C)(C)C1CCCCN1.CC(C)(C)C1CCN(CC2CCCCC2)CC1.CC(C)(C)C1CCN(S(C)(=O)=O)CC1.CC(C)(C)C1CCNCC1. The predicted molar refractivity (Wildman–Crippen MR) is 278 cm³/mol. The number of hydrogen-bond donors (Lipinski definition) is 2. The summed E-state index contributed by atoms with van der Waals surface area (Å²) in [5.74, 6) is 4.47. The Bertz CT molecular complexity index is 1340. The fourth-order valence-corrected chi connectivity index (χ4v) is 11.9. The molecular weight excluding hydrogens is 811 g/mol. The number of carbonyl (C=O) groups is 1. The lowest BCUT2D eigenvalue weighted by Gasteiger charge is -2.40. The number of carbonyl (C=O) groups excluding carboxylic acids is 1. The van der Waals surface area contributed by atoms with E-state index in [2.05, 4.69) is 119 Å². The van der Waals surface area contributed by atoms with Crippen LogP contribution < -0.4 is 10.6 Å². The van der Waals surface area contributed by atoms with Gasteiger partial charge in [-0.3, -0.25) is 4.79 Å². The molecule has 5 heterocycles. The van der Waals surface area contributed by atoms with Gasteiger partial charge in [-0.2, -0.15) is 0 Å². The van der Waals surface area contributed by atoms with Gasteiger partial charge in [0, 0.05) is 45.7 Å². The Kier molecular flexibility index (Phi) is 24.9. The van der Waals surface area contributed by atoms with E-state index < -0.39 is 10.0 Å².